The zero-order valence-corrected chi connectivity index (χ0v) is 18.7. The van der Waals surface area contributed by atoms with E-state index >= 15 is 0 Å². The molecule has 1 heterocycles. The van der Waals surface area contributed by atoms with Crippen LogP contribution in [-0.4, -0.2) is 13.2 Å². The molecule has 1 saturated carbocycles. The van der Waals surface area contributed by atoms with Gasteiger partial charge in [-0.05, 0) is 51.9 Å². The third-order valence-electron chi connectivity index (χ3n) is 7.79. The molecular weight excluding hydrogens is 392 g/mol. The lowest BCUT2D eigenvalue weighted by Gasteiger charge is -2.28. The van der Waals surface area contributed by atoms with Gasteiger partial charge >= 0.3 is 0 Å². The van der Waals surface area contributed by atoms with E-state index in [1.54, 1.807) is 0 Å². The monoisotopic (exact) mass is 422 g/mol. The average molecular weight is 423 g/mol. The lowest BCUT2D eigenvalue weighted by Crippen LogP contribution is -2.29. The van der Waals surface area contributed by atoms with Crippen molar-refractivity contribution in [3.8, 4) is 22.6 Å². The van der Waals surface area contributed by atoms with E-state index in [0.29, 0.717) is 11.8 Å². The van der Waals surface area contributed by atoms with Crippen LogP contribution in [-0.2, 0) is 0 Å². The number of benzene rings is 4. The molecular formula is C30H30O2. The molecule has 4 aromatic rings. The van der Waals surface area contributed by atoms with E-state index in [4.69, 9.17) is 9.47 Å². The Kier molecular flexibility index (Phi) is 5.02. The number of hydrogen-bond donors (Lipinski definition) is 0. The molecule has 0 aromatic heterocycles. The van der Waals surface area contributed by atoms with Gasteiger partial charge in [0.25, 0.3) is 0 Å². The summed E-state index contributed by atoms with van der Waals surface area (Å²) < 4.78 is 13.3. The second-order valence-electron chi connectivity index (χ2n) is 9.46. The van der Waals surface area contributed by atoms with Crippen LogP contribution in [0.1, 0.15) is 32.6 Å². The van der Waals surface area contributed by atoms with Gasteiger partial charge in [-0.2, -0.15) is 0 Å². The van der Waals surface area contributed by atoms with E-state index in [-0.39, 0.29) is 0 Å². The lowest BCUT2D eigenvalue weighted by atomic mass is 9.83. The van der Waals surface area contributed by atoms with E-state index in [1.165, 1.54) is 47.2 Å². The molecule has 0 amide bonds. The van der Waals surface area contributed by atoms with Crippen molar-refractivity contribution in [2.75, 3.05) is 13.2 Å². The van der Waals surface area contributed by atoms with Crippen molar-refractivity contribution >= 4 is 21.5 Å². The minimum atomic E-state index is 0.416. The molecule has 1 aliphatic carbocycles. The fourth-order valence-corrected chi connectivity index (χ4v) is 6.14. The molecule has 2 nitrogen and oxygen atoms in total. The summed E-state index contributed by atoms with van der Waals surface area (Å²) in [6.07, 6.45) is 5.23. The maximum Gasteiger partial charge on any atom is 0.127 e. The average Bonchev–Trinajstić information content (AvgIpc) is 3.34. The maximum absolute atomic E-state index is 6.66. The molecule has 0 bridgehead atoms. The highest BCUT2D eigenvalue weighted by Crippen LogP contribution is 2.47. The van der Waals surface area contributed by atoms with Crippen molar-refractivity contribution in [3.63, 3.8) is 0 Å². The normalized spacial score (nSPS) is 21.2. The first kappa shape index (κ1) is 19.7. The second kappa shape index (κ2) is 8.16. The molecule has 32 heavy (non-hydrogen) atoms. The lowest BCUT2D eigenvalue weighted by molar-refractivity contribution is 0.111. The van der Waals surface area contributed by atoms with Gasteiger partial charge in [0.05, 0.1) is 13.2 Å². The molecule has 2 atom stereocenters. The molecule has 2 unspecified atom stereocenters. The molecule has 1 fully saturated rings. The smallest absolute Gasteiger partial charge is 0.127 e. The first-order valence-electron chi connectivity index (χ1n) is 12.1. The molecule has 0 N–H and O–H groups in total. The van der Waals surface area contributed by atoms with Gasteiger partial charge in [0.2, 0.25) is 0 Å². The Morgan fingerprint density at radius 1 is 0.688 bits per heavy atom. The van der Waals surface area contributed by atoms with Gasteiger partial charge in [0.15, 0.2) is 0 Å². The van der Waals surface area contributed by atoms with E-state index in [0.717, 1.165) is 41.8 Å². The summed E-state index contributed by atoms with van der Waals surface area (Å²) in [5, 5.41) is 4.90. The molecule has 0 radical (unpaired) electrons. The highest BCUT2D eigenvalue weighted by Gasteiger charge is 2.34. The first-order valence-corrected chi connectivity index (χ1v) is 12.1. The third-order valence-corrected chi connectivity index (χ3v) is 7.79. The Labute approximate surface area is 190 Å². The van der Waals surface area contributed by atoms with Crippen molar-refractivity contribution in [3.05, 3.63) is 72.8 Å². The van der Waals surface area contributed by atoms with Crippen LogP contribution in [0.4, 0.5) is 0 Å². The van der Waals surface area contributed by atoms with Crippen molar-refractivity contribution in [2.24, 2.45) is 17.8 Å². The molecule has 0 spiro atoms. The summed E-state index contributed by atoms with van der Waals surface area (Å²) in [5.41, 5.74) is 2.32. The van der Waals surface area contributed by atoms with Crippen molar-refractivity contribution < 1.29 is 9.47 Å². The number of rotatable bonds is 2. The highest BCUT2D eigenvalue weighted by atomic mass is 16.5. The van der Waals surface area contributed by atoms with Crippen LogP contribution in [0, 0.1) is 17.8 Å². The van der Waals surface area contributed by atoms with Gasteiger partial charge in [0.1, 0.15) is 11.5 Å². The summed E-state index contributed by atoms with van der Waals surface area (Å²) >= 11 is 0. The van der Waals surface area contributed by atoms with Gasteiger partial charge in [0, 0.05) is 17.0 Å². The Bertz CT molecular complexity index is 1190. The molecule has 6 rings (SSSR count). The Morgan fingerprint density at radius 2 is 1.25 bits per heavy atom. The van der Waals surface area contributed by atoms with E-state index in [2.05, 4.69) is 79.7 Å². The predicted molar refractivity (Wildman–Crippen MR) is 132 cm³/mol. The van der Waals surface area contributed by atoms with E-state index < -0.39 is 0 Å². The summed E-state index contributed by atoms with van der Waals surface area (Å²) in [6.45, 7) is 3.78. The quantitative estimate of drug-likeness (QED) is 0.327. The summed E-state index contributed by atoms with van der Waals surface area (Å²) in [6, 6.07) is 25.9. The van der Waals surface area contributed by atoms with Crippen LogP contribution in [0.15, 0.2) is 72.8 Å². The summed E-state index contributed by atoms with van der Waals surface area (Å²) in [7, 11) is 0. The molecule has 162 valence electrons. The molecule has 1 aliphatic heterocycles. The van der Waals surface area contributed by atoms with Crippen LogP contribution >= 0.6 is 0 Å². The Hall–Kier alpha value is -3.00. The van der Waals surface area contributed by atoms with Crippen LogP contribution in [0.2, 0.25) is 0 Å². The summed E-state index contributed by atoms with van der Waals surface area (Å²) in [4.78, 5) is 0. The van der Waals surface area contributed by atoms with E-state index in [9.17, 15) is 0 Å². The van der Waals surface area contributed by atoms with Crippen LogP contribution in [0.3, 0.4) is 0 Å². The Balaban J connectivity index is 1.57. The van der Waals surface area contributed by atoms with Crippen molar-refractivity contribution in [1.29, 1.82) is 0 Å². The summed E-state index contributed by atoms with van der Waals surface area (Å²) in [5.74, 6) is 3.84. The third kappa shape index (κ3) is 3.24. The van der Waals surface area contributed by atoms with Crippen molar-refractivity contribution in [1.82, 2.24) is 0 Å². The fourth-order valence-electron chi connectivity index (χ4n) is 6.14. The van der Waals surface area contributed by atoms with Gasteiger partial charge in [-0.3, -0.25) is 0 Å². The van der Waals surface area contributed by atoms with E-state index in [1.807, 2.05) is 0 Å². The Morgan fingerprint density at radius 3 is 1.81 bits per heavy atom. The minimum absolute atomic E-state index is 0.416. The fraction of sp³-hybridized carbons (Fsp3) is 0.333. The molecule has 4 aromatic carbocycles. The minimum Gasteiger partial charge on any atom is -0.492 e. The second-order valence-corrected chi connectivity index (χ2v) is 9.46. The predicted octanol–water partition coefficient (Wildman–Crippen LogP) is 7.87. The van der Waals surface area contributed by atoms with Crippen LogP contribution < -0.4 is 9.47 Å². The molecule has 2 heteroatoms. The zero-order valence-electron chi connectivity index (χ0n) is 18.7. The van der Waals surface area contributed by atoms with Gasteiger partial charge in [-0.25, -0.2) is 0 Å². The van der Waals surface area contributed by atoms with Crippen molar-refractivity contribution in [2.45, 2.75) is 32.6 Å². The first-order chi connectivity index (χ1) is 15.8. The standard InChI is InChI=1S/C30H30O2/c1-2-20-10-7-13-24(20)23-18-31-27-16-14-21-8-3-5-11-25(21)29(27)30-26-12-6-4-9-22(26)15-17-28(30)32-19-23/h3-6,8-9,11-12,14-17,20,23-24H,2,7,10,13,18-19H2,1H3. The van der Waals surface area contributed by atoms with Gasteiger partial charge in [-0.15, -0.1) is 0 Å². The van der Waals surface area contributed by atoms with Crippen LogP contribution in [0.5, 0.6) is 11.5 Å². The topological polar surface area (TPSA) is 18.5 Å². The van der Waals surface area contributed by atoms with Gasteiger partial charge < -0.3 is 9.47 Å². The van der Waals surface area contributed by atoms with Gasteiger partial charge in [-0.1, -0.05) is 86.8 Å². The maximum atomic E-state index is 6.66. The molecule has 0 saturated heterocycles. The largest absolute Gasteiger partial charge is 0.492 e. The van der Waals surface area contributed by atoms with Crippen LogP contribution in [0.25, 0.3) is 32.7 Å². The zero-order chi connectivity index (χ0) is 21.5. The molecule has 2 aliphatic rings. The number of hydrogen-bond acceptors (Lipinski definition) is 2. The number of fused-ring (bicyclic) bond motifs is 7. The number of ether oxygens (including phenoxy) is 2. The SMILES string of the molecule is CCC1CCCC1C1COc2ccc3ccccc3c2-c2c(ccc3ccccc23)OC1. The highest BCUT2D eigenvalue weighted by molar-refractivity contribution is 6.09.